The molecule has 2 aliphatic rings. The zero-order valence-corrected chi connectivity index (χ0v) is 21.4. The van der Waals surface area contributed by atoms with Crippen LogP contribution in [0.15, 0.2) is 11.6 Å². The molecule has 192 valence electrons. The molecule has 1 N–H and O–H groups in total. The van der Waals surface area contributed by atoms with Crippen molar-refractivity contribution in [2.75, 3.05) is 13.1 Å². The Morgan fingerprint density at radius 3 is 2.15 bits per heavy atom. The fraction of sp³-hybridized carbons (Fsp3) is 0.760. The molecule has 2 heterocycles. The predicted molar refractivity (Wildman–Crippen MR) is 126 cm³/mol. The van der Waals surface area contributed by atoms with Crippen molar-refractivity contribution in [1.29, 1.82) is 0 Å². The number of aliphatic hydroxyl groups is 1. The van der Waals surface area contributed by atoms with E-state index in [9.17, 15) is 24.3 Å². The number of imide groups is 2. The molecule has 2 unspecified atom stereocenters. The summed E-state index contributed by atoms with van der Waals surface area (Å²) >= 11 is 0. The maximum Gasteiger partial charge on any atom is 0.417 e. The highest BCUT2D eigenvalue weighted by molar-refractivity contribution is 6.03. The molecule has 0 aliphatic carbocycles. The Kier molecular flexibility index (Phi) is 9.28. The molecule has 0 aromatic carbocycles. The van der Waals surface area contributed by atoms with Gasteiger partial charge in [0.05, 0.1) is 12.0 Å². The van der Waals surface area contributed by atoms with Gasteiger partial charge in [0.2, 0.25) is 5.91 Å². The second-order valence-electron chi connectivity index (χ2n) is 11.0. The van der Waals surface area contributed by atoms with Crippen LogP contribution in [0.3, 0.4) is 0 Å². The van der Waals surface area contributed by atoms with Gasteiger partial charge in [0.1, 0.15) is 11.2 Å². The summed E-state index contributed by atoms with van der Waals surface area (Å²) in [6.45, 7) is 11.1. The van der Waals surface area contributed by atoms with Crippen LogP contribution in [0.25, 0.3) is 0 Å². The molecule has 2 atom stereocenters. The number of unbranched alkanes of at least 4 members (excludes halogenated alkanes) is 1. The highest BCUT2D eigenvalue weighted by atomic mass is 16.6. The SMILES string of the molecule is CC(C)(C)OC(=O)N1CCC/C(=C\CCCC(O)C2CCCN(C(=O)OC(C)(C)C)C2=O)C1=O. The Morgan fingerprint density at radius 2 is 1.56 bits per heavy atom. The number of rotatable bonds is 5. The molecule has 9 nitrogen and oxygen atoms in total. The maximum absolute atomic E-state index is 12.8. The minimum absolute atomic E-state index is 0.291. The van der Waals surface area contributed by atoms with Gasteiger partial charge in [-0.1, -0.05) is 6.08 Å². The number of likely N-dealkylation sites (tertiary alicyclic amines) is 2. The summed E-state index contributed by atoms with van der Waals surface area (Å²) < 4.78 is 10.6. The average molecular weight is 481 g/mol. The van der Waals surface area contributed by atoms with E-state index in [2.05, 4.69) is 0 Å². The van der Waals surface area contributed by atoms with E-state index in [-0.39, 0.29) is 5.91 Å². The standard InChI is InChI=1S/C25H40N2O7/c1-24(2,3)33-22(31)26-15-9-12-17(20(26)29)11-7-8-14-19(28)18-13-10-16-27(21(18)30)23(32)34-25(4,5)6/h11,18-19,28H,7-10,12-16H2,1-6H3/b17-11+. The van der Waals surface area contributed by atoms with Gasteiger partial charge in [-0.2, -0.15) is 0 Å². The maximum atomic E-state index is 12.8. The minimum atomic E-state index is -0.878. The fourth-order valence-electron chi connectivity index (χ4n) is 4.05. The van der Waals surface area contributed by atoms with Crippen LogP contribution in [0.5, 0.6) is 0 Å². The summed E-state index contributed by atoms with van der Waals surface area (Å²) in [7, 11) is 0. The minimum Gasteiger partial charge on any atom is -0.443 e. The van der Waals surface area contributed by atoms with Crippen LogP contribution in [0.1, 0.15) is 86.5 Å². The van der Waals surface area contributed by atoms with Crippen LogP contribution in [0.2, 0.25) is 0 Å². The van der Waals surface area contributed by atoms with Crippen molar-refractivity contribution in [3.05, 3.63) is 11.6 Å². The zero-order valence-electron chi connectivity index (χ0n) is 21.4. The summed E-state index contributed by atoms with van der Waals surface area (Å²) in [4.78, 5) is 52.3. The third-order valence-electron chi connectivity index (χ3n) is 5.61. The van der Waals surface area contributed by atoms with E-state index in [0.29, 0.717) is 63.6 Å². The van der Waals surface area contributed by atoms with Gasteiger partial charge in [-0.05, 0) is 86.5 Å². The molecule has 0 aromatic rings. The Hall–Kier alpha value is -2.42. The van der Waals surface area contributed by atoms with Crippen LogP contribution in [0, 0.1) is 5.92 Å². The molecule has 0 radical (unpaired) electrons. The van der Waals surface area contributed by atoms with Crippen molar-refractivity contribution in [3.8, 4) is 0 Å². The van der Waals surface area contributed by atoms with Gasteiger partial charge >= 0.3 is 12.2 Å². The van der Waals surface area contributed by atoms with E-state index in [1.54, 1.807) is 47.6 Å². The highest BCUT2D eigenvalue weighted by Gasteiger charge is 2.38. The topological polar surface area (TPSA) is 113 Å². The number of amides is 4. The number of hydrogen-bond donors (Lipinski definition) is 1. The third kappa shape index (κ3) is 8.11. The van der Waals surface area contributed by atoms with Gasteiger partial charge in [0.15, 0.2) is 0 Å². The molecular formula is C25H40N2O7. The van der Waals surface area contributed by atoms with Crippen LogP contribution < -0.4 is 0 Å². The van der Waals surface area contributed by atoms with Crippen molar-refractivity contribution in [3.63, 3.8) is 0 Å². The molecule has 9 heteroatoms. The first kappa shape index (κ1) is 27.8. The van der Waals surface area contributed by atoms with Crippen molar-refractivity contribution in [2.24, 2.45) is 5.92 Å². The quantitative estimate of drug-likeness (QED) is 0.464. The van der Waals surface area contributed by atoms with Gasteiger partial charge < -0.3 is 14.6 Å². The number of piperidine rings is 2. The van der Waals surface area contributed by atoms with Crippen LogP contribution in [0.4, 0.5) is 9.59 Å². The van der Waals surface area contributed by atoms with E-state index in [1.165, 1.54) is 0 Å². The Balaban J connectivity index is 1.87. The van der Waals surface area contributed by atoms with Gasteiger partial charge in [-0.25, -0.2) is 19.4 Å². The molecule has 34 heavy (non-hydrogen) atoms. The highest BCUT2D eigenvalue weighted by Crippen LogP contribution is 2.26. The van der Waals surface area contributed by atoms with Crippen molar-refractivity contribution < 1.29 is 33.8 Å². The Morgan fingerprint density at radius 1 is 1.00 bits per heavy atom. The van der Waals surface area contributed by atoms with Crippen LogP contribution >= 0.6 is 0 Å². The molecule has 2 aliphatic heterocycles. The van der Waals surface area contributed by atoms with Crippen LogP contribution in [-0.2, 0) is 19.1 Å². The third-order valence-corrected chi connectivity index (χ3v) is 5.61. The largest absolute Gasteiger partial charge is 0.443 e. The van der Waals surface area contributed by atoms with Crippen molar-refractivity contribution in [1.82, 2.24) is 9.80 Å². The summed E-state index contributed by atoms with van der Waals surface area (Å²) in [5.41, 5.74) is -0.812. The van der Waals surface area contributed by atoms with E-state index in [0.717, 1.165) is 9.80 Å². The van der Waals surface area contributed by atoms with Gasteiger partial charge in [0, 0.05) is 18.7 Å². The first-order valence-electron chi connectivity index (χ1n) is 12.2. The number of carbonyl (C=O) groups excluding carboxylic acids is 4. The molecule has 0 spiro atoms. The zero-order chi connectivity index (χ0) is 25.7. The first-order valence-corrected chi connectivity index (χ1v) is 12.2. The number of nitrogens with zero attached hydrogens (tertiary/aromatic N) is 2. The number of hydrogen-bond acceptors (Lipinski definition) is 7. The Labute approximate surface area is 202 Å². The molecule has 4 amide bonds. The number of ether oxygens (including phenoxy) is 2. The fourth-order valence-corrected chi connectivity index (χ4v) is 4.05. The second-order valence-corrected chi connectivity index (χ2v) is 11.0. The smallest absolute Gasteiger partial charge is 0.417 e. The number of carbonyl (C=O) groups is 4. The molecule has 2 fully saturated rings. The lowest BCUT2D eigenvalue weighted by atomic mass is 9.89. The normalized spacial score (nSPS) is 22.1. The van der Waals surface area contributed by atoms with Crippen LogP contribution in [-0.4, -0.2) is 69.3 Å². The summed E-state index contributed by atoms with van der Waals surface area (Å²) in [6.07, 6.45) is 3.49. The van der Waals surface area contributed by atoms with Gasteiger partial charge in [-0.3, -0.25) is 9.59 Å². The van der Waals surface area contributed by atoms with Gasteiger partial charge in [-0.15, -0.1) is 0 Å². The molecular weight excluding hydrogens is 440 g/mol. The Bertz CT molecular complexity index is 807. The van der Waals surface area contributed by atoms with Crippen molar-refractivity contribution >= 4 is 24.0 Å². The number of aliphatic hydroxyl groups excluding tert-OH is 1. The molecule has 2 saturated heterocycles. The van der Waals surface area contributed by atoms with E-state index < -0.39 is 41.3 Å². The molecule has 0 saturated carbocycles. The molecule has 0 aromatic heterocycles. The van der Waals surface area contributed by atoms with E-state index in [1.807, 2.05) is 0 Å². The molecule has 2 rings (SSSR count). The number of allylic oxidation sites excluding steroid dienone is 1. The van der Waals surface area contributed by atoms with Gasteiger partial charge in [0.25, 0.3) is 5.91 Å². The average Bonchev–Trinajstić information content (AvgIpc) is 2.69. The lowest BCUT2D eigenvalue weighted by Crippen LogP contribution is -2.49. The van der Waals surface area contributed by atoms with Crippen molar-refractivity contribution in [2.45, 2.75) is 104 Å². The van der Waals surface area contributed by atoms with E-state index >= 15 is 0 Å². The summed E-state index contributed by atoms with van der Waals surface area (Å²) in [5.74, 6) is -1.38. The lowest BCUT2D eigenvalue weighted by molar-refractivity contribution is -0.141. The van der Waals surface area contributed by atoms with E-state index in [4.69, 9.17) is 9.47 Å². The first-order chi connectivity index (χ1) is 15.7. The monoisotopic (exact) mass is 480 g/mol. The second kappa shape index (κ2) is 11.3. The summed E-state index contributed by atoms with van der Waals surface area (Å²) in [6, 6.07) is 0. The lowest BCUT2D eigenvalue weighted by Gasteiger charge is -2.34. The molecule has 0 bridgehead atoms. The predicted octanol–water partition coefficient (Wildman–Crippen LogP) is 4.18. The summed E-state index contributed by atoms with van der Waals surface area (Å²) in [5, 5.41) is 10.6.